The number of carbonyl (C=O) groups excluding carboxylic acids is 1. The summed E-state index contributed by atoms with van der Waals surface area (Å²) in [5.74, 6) is 0. The van der Waals surface area contributed by atoms with E-state index in [0.29, 0.717) is 6.47 Å². The van der Waals surface area contributed by atoms with Crippen LogP contribution in [0.1, 0.15) is 33.1 Å². The van der Waals surface area contributed by atoms with Crippen LogP contribution in [0.3, 0.4) is 0 Å². The molecule has 78 valence electrons. The van der Waals surface area contributed by atoms with Crippen molar-refractivity contribution >= 4 is 6.47 Å². The third kappa shape index (κ3) is 9.34. The Bertz CT molecular complexity index is 120. The maximum absolute atomic E-state index is 9.39. The summed E-state index contributed by atoms with van der Waals surface area (Å²) in [6.07, 6.45) is 4.31. The molecule has 0 amide bonds. The molecular formula is C10H21NO2. The van der Waals surface area contributed by atoms with Gasteiger partial charge in [-0.1, -0.05) is 6.42 Å². The average molecular weight is 187 g/mol. The van der Waals surface area contributed by atoms with Crippen LogP contribution in [0.5, 0.6) is 0 Å². The molecule has 13 heavy (non-hydrogen) atoms. The summed E-state index contributed by atoms with van der Waals surface area (Å²) in [5.41, 5.74) is 0. The highest BCUT2D eigenvalue weighted by Crippen LogP contribution is 2.04. The topological polar surface area (TPSA) is 29.5 Å². The molecule has 1 rings (SSSR count). The average Bonchev–Trinajstić information content (AvgIpc) is 2.06. The normalized spacial score (nSPS) is 17.5. The Morgan fingerprint density at radius 2 is 1.77 bits per heavy atom. The van der Waals surface area contributed by atoms with Crippen LogP contribution in [0.2, 0.25) is 0 Å². The molecule has 0 aromatic heterocycles. The van der Waals surface area contributed by atoms with E-state index in [1.54, 1.807) is 13.8 Å². The molecule has 0 atom stereocenters. The van der Waals surface area contributed by atoms with Gasteiger partial charge in [-0.3, -0.25) is 4.79 Å². The summed E-state index contributed by atoms with van der Waals surface area (Å²) >= 11 is 0. The molecule has 0 spiro atoms. The maximum Gasteiger partial charge on any atom is 0.293 e. The summed E-state index contributed by atoms with van der Waals surface area (Å²) in [7, 11) is 2.19. The molecule has 1 aliphatic heterocycles. The van der Waals surface area contributed by atoms with E-state index in [1.807, 2.05) is 0 Å². The van der Waals surface area contributed by atoms with Crippen molar-refractivity contribution in [3.63, 3.8) is 0 Å². The molecule has 3 heteroatoms. The molecule has 0 aliphatic carbocycles. The van der Waals surface area contributed by atoms with Gasteiger partial charge in [0.2, 0.25) is 0 Å². The molecular weight excluding hydrogens is 166 g/mol. The zero-order valence-electron chi connectivity index (χ0n) is 8.95. The lowest BCUT2D eigenvalue weighted by Gasteiger charge is -2.20. The first kappa shape index (κ1) is 12.4. The van der Waals surface area contributed by atoms with Crippen molar-refractivity contribution in [2.75, 3.05) is 20.1 Å². The molecule has 0 aromatic rings. The second-order valence-electron chi connectivity index (χ2n) is 3.64. The van der Waals surface area contributed by atoms with Gasteiger partial charge in [-0.15, -0.1) is 0 Å². The predicted octanol–water partition coefficient (Wildman–Crippen LogP) is 1.67. The van der Waals surface area contributed by atoms with Gasteiger partial charge in [-0.05, 0) is 46.8 Å². The van der Waals surface area contributed by atoms with Gasteiger partial charge in [0.05, 0.1) is 6.10 Å². The highest BCUT2D eigenvalue weighted by molar-refractivity contribution is 5.37. The molecule has 0 aromatic carbocycles. The zero-order valence-corrected chi connectivity index (χ0v) is 8.95. The Labute approximate surface area is 81.1 Å². The number of rotatable bonds is 2. The van der Waals surface area contributed by atoms with Crippen molar-refractivity contribution in [3.8, 4) is 0 Å². The van der Waals surface area contributed by atoms with Crippen LogP contribution in [0.25, 0.3) is 0 Å². The minimum Gasteiger partial charge on any atom is -0.465 e. The fourth-order valence-corrected chi connectivity index (χ4v) is 1.16. The number of piperidine rings is 1. The van der Waals surface area contributed by atoms with Crippen LogP contribution >= 0.6 is 0 Å². The molecule has 0 saturated carbocycles. The van der Waals surface area contributed by atoms with E-state index in [-0.39, 0.29) is 6.10 Å². The van der Waals surface area contributed by atoms with Crippen molar-refractivity contribution in [1.29, 1.82) is 0 Å². The van der Waals surface area contributed by atoms with Crippen molar-refractivity contribution in [2.24, 2.45) is 0 Å². The number of carbonyl (C=O) groups is 1. The minimum absolute atomic E-state index is 0.0301. The largest absolute Gasteiger partial charge is 0.465 e. The number of hydrogen-bond acceptors (Lipinski definition) is 3. The van der Waals surface area contributed by atoms with Crippen LogP contribution in [0.4, 0.5) is 0 Å². The number of nitrogens with zero attached hydrogens (tertiary/aromatic N) is 1. The van der Waals surface area contributed by atoms with E-state index in [4.69, 9.17) is 0 Å². The van der Waals surface area contributed by atoms with Gasteiger partial charge >= 0.3 is 0 Å². The lowest BCUT2D eigenvalue weighted by atomic mass is 10.1. The van der Waals surface area contributed by atoms with Crippen molar-refractivity contribution in [1.82, 2.24) is 4.90 Å². The molecule has 0 N–H and O–H groups in total. The standard InChI is InChI=1S/C6H13N.C4H8O2/c1-7-5-3-2-4-6-7;1-4(2)6-3-5/h2-6H2,1H3;3-4H,1-2H3. The molecule has 0 bridgehead atoms. The van der Waals surface area contributed by atoms with Crippen LogP contribution in [0, 0.1) is 0 Å². The van der Waals surface area contributed by atoms with Gasteiger partial charge in [-0.2, -0.15) is 0 Å². The maximum atomic E-state index is 9.39. The zero-order chi connectivity index (χ0) is 10.1. The number of hydrogen-bond donors (Lipinski definition) is 0. The van der Waals surface area contributed by atoms with Crippen molar-refractivity contribution in [2.45, 2.75) is 39.2 Å². The predicted molar refractivity (Wildman–Crippen MR) is 53.6 cm³/mol. The number of likely N-dealkylation sites (tertiary alicyclic amines) is 1. The van der Waals surface area contributed by atoms with Gasteiger partial charge in [-0.25, -0.2) is 0 Å². The summed E-state index contributed by atoms with van der Waals surface area (Å²) < 4.78 is 4.36. The van der Waals surface area contributed by atoms with E-state index < -0.39 is 0 Å². The highest BCUT2D eigenvalue weighted by Gasteiger charge is 2.02. The van der Waals surface area contributed by atoms with Gasteiger partial charge in [0, 0.05) is 0 Å². The molecule has 0 radical (unpaired) electrons. The van der Waals surface area contributed by atoms with Crippen LogP contribution in [0.15, 0.2) is 0 Å². The van der Waals surface area contributed by atoms with E-state index in [1.165, 1.54) is 32.4 Å². The lowest BCUT2D eigenvalue weighted by Crippen LogP contribution is -2.24. The van der Waals surface area contributed by atoms with E-state index in [0.717, 1.165) is 0 Å². The monoisotopic (exact) mass is 187 g/mol. The Morgan fingerprint density at radius 3 is 1.92 bits per heavy atom. The second kappa shape index (κ2) is 8.05. The first-order valence-corrected chi connectivity index (χ1v) is 4.94. The quantitative estimate of drug-likeness (QED) is 0.616. The fraction of sp³-hybridized carbons (Fsp3) is 0.900. The van der Waals surface area contributed by atoms with Crippen LogP contribution in [-0.4, -0.2) is 37.6 Å². The van der Waals surface area contributed by atoms with Gasteiger partial charge in [0.1, 0.15) is 0 Å². The summed E-state index contributed by atoms with van der Waals surface area (Å²) in [6, 6.07) is 0. The number of ether oxygens (including phenoxy) is 1. The molecule has 1 fully saturated rings. The third-order valence-corrected chi connectivity index (χ3v) is 1.91. The molecule has 1 saturated heterocycles. The second-order valence-corrected chi connectivity index (χ2v) is 3.64. The summed E-state index contributed by atoms with van der Waals surface area (Å²) in [5, 5.41) is 0. The lowest BCUT2D eigenvalue weighted by molar-refractivity contribution is -0.131. The smallest absolute Gasteiger partial charge is 0.293 e. The Kier molecular flexibility index (Phi) is 7.69. The minimum atomic E-state index is 0.0301. The van der Waals surface area contributed by atoms with E-state index in [9.17, 15) is 4.79 Å². The van der Waals surface area contributed by atoms with Gasteiger partial charge < -0.3 is 9.64 Å². The molecule has 0 unspecified atom stereocenters. The summed E-state index contributed by atoms with van der Waals surface area (Å²) in [6.45, 7) is 6.69. The molecule has 3 nitrogen and oxygen atoms in total. The molecule has 1 aliphatic rings. The van der Waals surface area contributed by atoms with E-state index in [2.05, 4.69) is 16.7 Å². The Hall–Kier alpha value is -0.570. The van der Waals surface area contributed by atoms with Gasteiger partial charge in [0.15, 0.2) is 0 Å². The fourth-order valence-electron chi connectivity index (χ4n) is 1.16. The van der Waals surface area contributed by atoms with Crippen LogP contribution in [-0.2, 0) is 9.53 Å². The third-order valence-electron chi connectivity index (χ3n) is 1.91. The van der Waals surface area contributed by atoms with Gasteiger partial charge in [0.25, 0.3) is 6.47 Å². The van der Waals surface area contributed by atoms with Crippen molar-refractivity contribution < 1.29 is 9.53 Å². The summed E-state index contributed by atoms with van der Waals surface area (Å²) in [4.78, 5) is 11.8. The first-order valence-electron chi connectivity index (χ1n) is 4.94. The van der Waals surface area contributed by atoms with Crippen molar-refractivity contribution in [3.05, 3.63) is 0 Å². The highest BCUT2D eigenvalue weighted by atomic mass is 16.5. The Balaban J connectivity index is 0.000000226. The SMILES string of the molecule is CC(C)OC=O.CN1CCCCC1. The molecule has 1 heterocycles. The van der Waals surface area contributed by atoms with Crippen LogP contribution < -0.4 is 0 Å². The van der Waals surface area contributed by atoms with E-state index >= 15 is 0 Å². The first-order chi connectivity index (χ1) is 6.16. The Morgan fingerprint density at radius 1 is 1.23 bits per heavy atom.